The molecule has 94 valence electrons. The largest absolute Gasteiger partial charge is 0.383 e. The lowest BCUT2D eigenvalue weighted by atomic mass is 10.1. The van der Waals surface area contributed by atoms with Crippen molar-refractivity contribution >= 4 is 22.9 Å². The lowest BCUT2D eigenvalue weighted by Crippen LogP contribution is -2.05. The zero-order valence-corrected chi connectivity index (χ0v) is 10.3. The Morgan fingerprint density at radius 2 is 2.22 bits per heavy atom. The highest BCUT2D eigenvalue weighted by molar-refractivity contribution is 5.95. The second-order valence-electron chi connectivity index (χ2n) is 4.02. The number of nitrogens with zero attached hydrogens (tertiary/aromatic N) is 1. The molecule has 0 aliphatic heterocycles. The topological polar surface area (TPSA) is 57.2 Å². The molecule has 1 amide bonds. The van der Waals surface area contributed by atoms with Crippen LogP contribution in [0.1, 0.15) is 5.56 Å². The van der Waals surface area contributed by atoms with Gasteiger partial charge in [-0.15, -0.1) is 0 Å². The Labute approximate surface area is 106 Å². The van der Waals surface area contributed by atoms with Crippen LogP contribution < -0.4 is 5.73 Å². The first-order valence-corrected chi connectivity index (χ1v) is 5.76. The maximum atomic E-state index is 10.8. The summed E-state index contributed by atoms with van der Waals surface area (Å²) in [5.41, 5.74) is 7.23. The van der Waals surface area contributed by atoms with Crippen LogP contribution in [0.3, 0.4) is 0 Å². The number of benzene rings is 1. The first-order valence-electron chi connectivity index (χ1n) is 5.76. The van der Waals surface area contributed by atoms with Gasteiger partial charge in [-0.3, -0.25) is 4.79 Å². The van der Waals surface area contributed by atoms with Crippen molar-refractivity contribution in [1.82, 2.24) is 4.57 Å². The van der Waals surface area contributed by atoms with Crippen molar-refractivity contribution in [1.29, 1.82) is 0 Å². The van der Waals surface area contributed by atoms with Crippen LogP contribution in [0, 0.1) is 0 Å². The van der Waals surface area contributed by atoms with Crippen molar-refractivity contribution in [2.45, 2.75) is 6.54 Å². The highest BCUT2D eigenvalue weighted by Crippen LogP contribution is 2.22. The van der Waals surface area contributed by atoms with E-state index in [2.05, 4.69) is 4.57 Å². The van der Waals surface area contributed by atoms with E-state index in [0.717, 1.165) is 23.0 Å². The zero-order valence-electron chi connectivity index (χ0n) is 10.3. The fourth-order valence-corrected chi connectivity index (χ4v) is 1.95. The molecule has 0 aliphatic carbocycles. The molecular formula is C14H16N2O2. The number of primary amides is 1. The van der Waals surface area contributed by atoms with Gasteiger partial charge < -0.3 is 15.0 Å². The number of ether oxygens (including phenoxy) is 1. The van der Waals surface area contributed by atoms with Crippen LogP contribution in [0.4, 0.5) is 0 Å². The summed E-state index contributed by atoms with van der Waals surface area (Å²) >= 11 is 0. The molecule has 1 aromatic heterocycles. The van der Waals surface area contributed by atoms with Crippen molar-refractivity contribution in [2.24, 2.45) is 5.73 Å². The van der Waals surface area contributed by atoms with Crippen LogP contribution in [0.2, 0.25) is 0 Å². The van der Waals surface area contributed by atoms with Crippen LogP contribution in [0.25, 0.3) is 17.0 Å². The third-order valence-corrected chi connectivity index (χ3v) is 2.78. The molecule has 4 nitrogen and oxygen atoms in total. The van der Waals surface area contributed by atoms with Gasteiger partial charge in [0.2, 0.25) is 5.91 Å². The van der Waals surface area contributed by atoms with E-state index in [1.807, 2.05) is 30.5 Å². The highest BCUT2D eigenvalue weighted by atomic mass is 16.5. The number of nitrogens with two attached hydrogens (primary N) is 1. The van der Waals surface area contributed by atoms with Gasteiger partial charge in [-0.2, -0.15) is 0 Å². The molecule has 0 saturated carbocycles. The Kier molecular flexibility index (Phi) is 3.79. The van der Waals surface area contributed by atoms with Crippen LogP contribution in [0.5, 0.6) is 0 Å². The maximum absolute atomic E-state index is 10.8. The average molecular weight is 244 g/mol. The zero-order chi connectivity index (χ0) is 13.0. The first-order chi connectivity index (χ1) is 8.72. The fraction of sp³-hybridized carbons (Fsp3) is 0.214. The molecule has 4 heteroatoms. The number of carbonyl (C=O) groups is 1. The maximum Gasteiger partial charge on any atom is 0.241 e. The molecule has 0 aliphatic rings. The average Bonchev–Trinajstić information content (AvgIpc) is 2.72. The lowest BCUT2D eigenvalue weighted by molar-refractivity contribution is -0.113. The van der Waals surface area contributed by atoms with Crippen molar-refractivity contribution < 1.29 is 9.53 Å². The number of rotatable bonds is 5. The molecule has 0 saturated heterocycles. The van der Waals surface area contributed by atoms with E-state index < -0.39 is 5.91 Å². The minimum atomic E-state index is -0.441. The van der Waals surface area contributed by atoms with Gasteiger partial charge in [0.25, 0.3) is 0 Å². The van der Waals surface area contributed by atoms with Crippen LogP contribution in [-0.2, 0) is 16.1 Å². The van der Waals surface area contributed by atoms with Gasteiger partial charge in [-0.1, -0.05) is 18.2 Å². The third-order valence-electron chi connectivity index (χ3n) is 2.78. The fourth-order valence-electron chi connectivity index (χ4n) is 1.95. The van der Waals surface area contributed by atoms with E-state index in [1.54, 1.807) is 13.2 Å². The predicted molar refractivity (Wildman–Crippen MR) is 72.0 cm³/mol. The molecule has 0 fully saturated rings. The van der Waals surface area contributed by atoms with Gasteiger partial charge in [0.15, 0.2) is 0 Å². The van der Waals surface area contributed by atoms with Gasteiger partial charge in [-0.05, 0) is 12.1 Å². The minimum Gasteiger partial charge on any atom is -0.383 e. The number of para-hydroxylation sites is 1. The molecule has 0 radical (unpaired) electrons. The van der Waals surface area contributed by atoms with E-state index in [1.165, 1.54) is 6.08 Å². The molecule has 18 heavy (non-hydrogen) atoms. The summed E-state index contributed by atoms with van der Waals surface area (Å²) in [5, 5.41) is 1.10. The van der Waals surface area contributed by atoms with E-state index in [0.29, 0.717) is 6.61 Å². The second kappa shape index (κ2) is 5.51. The third kappa shape index (κ3) is 2.60. The summed E-state index contributed by atoms with van der Waals surface area (Å²) in [6.07, 6.45) is 5.12. The molecule has 0 atom stereocenters. The molecular weight excluding hydrogens is 228 g/mol. The number of amides is 1. The lowest BCUT2D eigenvalue weighted by Gasteiger charge is -2.03. The number of hydrogen-bond donors (Lipinski definition) is 1. The van der Waals surface area contributed by atoms with Crippen molar-refractivity contribution in [3.63, 3.8) is 0 Å². The summed E-state index contributed by atoms with van der Waals surface area (Å²) in [4.78, 5) is 10.8. The molecule has 0 bridgehead atoms. The van der Waals surface area contributed by atoms with E-state index in [9.17, 15) is 4.79 Å². The molecule has 2 N–H and O–H groups in total. The highest BCUT2D eigenvalue weighted by Gasteiger charge is 2.05. The Balaban J connectivity index is 2.43. The van der Waals surface area contributed by atoms with Gasteiger partial charge in [0.05, 0.1) is 6.61 Å². The Morgan fingerprint density at radius 1 is 1.44 bits per heavy atom. The smallest absolute Gasteiger partial charge is 0.241 e. The molecule has 2 aromatic rings. The summed E-state index contributed by atoms with van der Waals surface area (Å²) < 4.78 is 7.20. The van der Waals surface area contributed by atoms with Crippen molar-refractivity contribution in [3.05, 3.63) is 42.1 Å². The number of methoxy groups -OCH3 is 1. The molecule has 0 spiro atoms. The Bertz CT molecular complexity index is 584. The molecule has 2 rings (SSSR count). The summed E-state index contributed by atoms with van der Waals surface area (Å²) in [6.45, 7) is 1.43. The number of aromatic nitrogens is 1. The predicted octanol–water partition coefficient (Wildman–Crippen LogP) is 1.79. The second-order valence-corrected chi connectivity index (χ2v) is 4.02. The van der Waals surface area contributed by atoms with Crippen LogP contribution in [0.15, 0.2) is 36.5 Å². The van der Waals surface area contributed by atoms with Crippen molar-refractivity contribution in [3.8, 4) is 0 Å². The number of fused-ring (bicyclic) bond motifs is 1. The van der Waals surface area contributed by atoms with Gasteiger partial charge in [0, 0.05) is 42.4 Å². The van der Waals surface area contributed by atoms with Gasteiger partial charge in [-0.25, -0.2) is 0 Å². The van der Waals surface area contributed by atoms with E-state index in [4.69, 9.17) is 10.5 Å². The number of carbonyl (C=O) groups excluding carboxylic acids is 1. The quantitative estimate of drug-likeness (QED) is 0.815. The minimum absolute atomic E-state index is 0.441. The van der Waals surface area contributed by atoms with E-state index in [-0.39, 0.29) is 0 Å². The Morgan fingerprint density at radius 3 is 2.94 bits per heavy atom. The van der Waals surface area contributed by atoms with Crippen LogP contribution in [-0.4, -0.2) is 24.2 Å². The number of hydrogen-bond acceptors (Lipinski definition) is 2. The molecule has 1 aromatic carbocycles. The summed E-state index contributed by atoms with van der Waals surface area (Å²) in [5.74, 6) is -0.441. The van der Waals surface area contributed by atoms with Crippen molar-refractivity contribution in [2.75, 3.05) is 13.7 Å². The molecule has 1 heterocycles. The summed E-state index contributed by atoms with van der Waals surface area (Å²) in [7, 11) is 1.68. The molecule has 0 unspecified atom stereocenters. The SMILES string of the molecule is COCCn1cc(C=CC(N)=O)c2ccccc21. The Hall–Kier alpha value is -2.07. The standard InChI is InChI=1S/C14H16N2O2/c1-18-9-8-16-10-11(6-7-14(15)17)12-4-2-3-5-13(12)16/h2-7,10H,8-9H2,1H3,(H2,15,17). The van der Waals surface area contributed by atoms with Crippen LogP contribution >= 0.6 is 0 Å². The van der Waals surface area contributed by atoms with E-state index >= 15 is 0 Å². The first kappa shape index (κ1) is 12.4. The monoisotopic (exact) mass is 244 g/mol. The van der Waals surface area contributed by atoms with Gasteiger partial charge >= 0.3 is 0 Å². The normalized spacial score (nSPS) is 11.4. The summed E-state index contributed by atoms with van der Waals surface area (Å²) in [6, 6.07) is 8.05. The van der Waals surface area contributed by atoms with Gasteiger partial charge in [0.1, 0.15) is 0 Å².